The van der Waals surface area contributed by atoms with Crippen molar-refractivity contribution in [3.05, 3.63) is 70.8 Å². The zero-order valence-corrected chi connectivity index (χ0v) is 15.3. The van der Waals surface area contributed by atoms with Gasteiger partial charge in [-0.15, -0.1) is 0 Å². The average molecular weight is 370 g/mol. The maximum Gasteiger partial charge on any atom is 0.338 e. The fraction of sp³-hybridized carbons (Fsp3) is 0.333. The molecular formula is C21H22O6. The lowest BCUT2D eigenvalue weighted by molar-refractivity contribution is -0.110. The monoisotopic (exact) mass is 370 g/mol. The van der Waals surface area contributed by atoms with Gasteiger partial charge in [0, 0.05) is 6.42 Å². The van der Waals surface area contributed by atoms with E-state index in [1.807, 2.05) is 38.1 Å². The molecular weight excluding hydrogens is 348 g/mol. The highest BCUT2D eigenvalue weighted by Gasteiger charge is 2.38. The van der Waals surface area contributed by atoms with Crippen LogP contribution in [0.2, 0.25) is 0 Å². The molecule has 1 aliphatic rings. The SMILES string of the molecule is Cc1ccc(C(=O)OC[C@H]2OC(O)C[C@@H]2OC(=O)c2ccc(C)cc2)cc1. The van der Waals surface area contributed by atoms with Crippen LogP contribution in [0, 0.1) is 13.8 Å². The predicted molar refractivity (Wildman–Crippen MR) is 97.3 cm³/mol. The Bertz CT molecular complexity index is 796. The highest BCUT2D eigenvalue weighted by Crippen LogP contribution is 2.24. The van der Waals surface area contributed by atoms with E-state index in [0.29, 0.717) is 11.1 Å². The lowest BCUT2D eigenvalue weighted by atomic mass is 10.1. The molecule has 2 aromatic carbocycles. The van der Waals surface area contributed by atoms with Gasteiger partial charge < -0.3 is 19.3 Å². The third kappa shape index (κ3) is 4.93. The van der Waals surface area contributed by atoms with Crippen molar-refractivity contribution in [2.45, 2.75) is 38.8 Å². The first-order chi connectivity index (χ1) is 12.9. The van der Waals surface area contributed by atoms with Crippen molar-refractivity contribution in [3.63, 3.8) is 0 Å². The predicted octanol–water partition coefficient (Wildman–Crippen LogP) is 2.79. The Kier molecular flexibility index (Phi) is 5.88. The number of ether oxygens (including phenoxy) is 3. The zero-order valence-electron chi connectivity index (χ0n) is 15.3. The van der Waals surface area contributed by atoms with Gasteiger partial charge in [0.1, 0.15) is 18.8 Å². The molecule has 1 aliphatic heterocycles. The molecule has 0 aliphatic carbocycles. The average Bonchev–Trinajstić information content (AvgIpc) is 3.00. The highest BCUT2D eigenvalue weighted by molar-refractivity contribution is 5.90. The number of aliphatic hydroxyl groups is 1. The van der Waals surface area contributed by atoms with Gasteiger partial charge in [0.15, 0.2) is 6.29 Å². The minimum atomic E-state index is -1.07. The molecule has 6 nitrogen and oxygen atoms in total. The molecule has 0 radical (unpaired) electrons. The largest absolute Gasteiger partial charge is 0.459 e. The Morgan fingerprint density at radius 2 is 1.48 bits per heavy atom. The fourth-order valence-corrected chi connectivity index (χ4v) is 2.79. The molecule has 6 heteroatoms. The number of carbonyl (C=O) groups excluding carboxylic acids is 2. The number of aliphatic hydroxyl groups excluding tert-OH is 1. The lowest BCUT2D eigenvalue weighted by Crippen LogP contribution is -2.32. The number of carbonyl (C=O) groups is 2. The van der Waals surface area contributed by atoms with Crippen molar-refractivity contribution in [2.75, 3.05) is 6.61 Å². The Balaban J connectivity index is 1.58. The van der Waals surface area contributed by atoms with Crippen LogP contribution >= 0.6 is 0 Å². The molecule has 0 amide bonds. The van der Waals surface area contributed by atoms with Crippen LogP contribution in [0.5, 0.6) is 0 Å². The van der Waals surface area contributed by atoms with Crippen molar-refractivity contribution in [2.24, 2.45) is 0 Å². The molecule has 1 N–H and O–H groups in total. The molecule has 2 aromatic rings. The molecule has 0 aromatic heterocycles. The number of aryl methyl sites for hydroxylation is 2. The van der Waals surface area contributed by atoms with Crippen LogP contribution in [0.1, 0.15) is 38.3 Å². The van der Waals surface area contributed by atoms with Gasteiger partial charge in [-0.3, -0.25) is 0 Å². The van der Waals surface area contributed by atoms with Crippen molar-refractivity contribution < 1.29 is 28.9 Å². The van der Waals surface area contributed by atoms with Gasteiger partial charge in [-0.2, -0.15) is 0 Å². The standard InChI is InChI=1S/C21H22O6/c1-13-3-7-15(8-4-13)20(23)25-12-18-17(11-19(22)26-18)27-21(24)16-9-5-14(2)6-10-16/h3-10,17-19,22H,11-12H2,1-2H3/t17-,18+,19?/m0/s1. The third-order valence-corrected chi connectivity index (χ3v) is 4.39. The van der Waals surface area contributed by atoms with Crippen molar-refractivity contribution >= 4 is 11.9 Å². The highest BCUT2D eigenvalue weighted by atomic mass is 16.7. The van der Waals surface area contributed by atoms with Gasteiger partial charge in [-0.25, -0.2) is 9.59 Å². The first-order valence-electron chi connectivity index (χ1n) is 8.77. The van der Waals surface area contributed by atoms with Gasteiger partial charge >= 0.3 is 11.9 Å². The molecule has 1 unspecified atom stereocenters. The molecule has 142 valence electrons. The van der Waals surface area contributed by atoms with Gasteiger partial charge in [0.2, 0.25) is 0 Å². The summed E-state index contributed by atoms with van der Waals surface area (Å²) in [5, 5.41) is 9.75. The third-order valence-electron chi connectivity index (χ3n) is 4.39. The van der Waals surface area contributed by atoms with E-state index < -0.39 is 30.4 Å². The smallest absolute Gasteiger partial charge is 0.338 e. The summed E-state index contributed by atoms with van der Waals surface area (Å²) in [5.41, 5.74) is 2.91. The second-order valence-electron chi connectivity index (χ2n) is 6.64. The topological polar surface area (TPSA) is 82.1 Å². The minimum absolute atomic E-state index is 0.115. The number of rotatable bonds is 5. The van der Waals surface area contributed by atoms with Crippen LogP contribution in [0.4, 0.5) is 0 Å². The van der Waals surface area contributed by atoms with E-state index in [2.05, 4.69) is 0 Å². The summed E-state index contributed by atoms with van der Waals surface area (Å²) < 4.78 is 16.1. The molecule has 0 spiro atoms. The summed E-state index contributed by atoms with van der Waals surface area (Å²) in [5.74, 6) is -1.00. The first-order valence-corrected chi connectivity index (χ1v) is 8.77. The molecule has 3 atom stereocenters. The maximum atomic E-state index is 12.3. The van der Waals surface area contributed by atoms with E-state index in [4.69, 9.17) is 14.2 Å². The number of hydrogen-bond acceptors (Lipinski definition) is 6. The van der Waals surface area contributed by atoms with E-state index in [0.717, 1.165) is 11.1 Å². The summed E-state index contributed by atoms with van der Waals surface area (Å²) in [6.45, 7) is 3.74. The Labute approximate surface area is 157 Å². The fourth-order valence-electron chi connectivity index (χ4n) is 2.79. The summed E-state index contributed by atoms with van der Waals surface area (Å²) in [4.78, 5) is 24.4. The quantitative estimate of drug-likeness (QED) is 0.815. The molecule has 1 fully saturated rings. The second kappa shape index (κ2) is 8.33. The van der Waals surface area contributed by atoms with E-state index in [9.17, 15) is 14.7 Å². The number of benzene rings is 2. The van der Waals surface area contributed by atoms with E-state index in [1.165, 1.54) is 0 Å². The van der Waals surface area contributed by atoms with Gasteiger partial charge in [0.25, 0.3) is 0 Å². The summed E-state index contributed by atoms with van der Waals surface area (Å²) in [6.07, 6.45) is -2.35. The summed E-state index contributed by atoms with van der Waals surface area (Å²) >= 11 is 0. The molecule has 0 bridgehead atoms. The van der Waals surface area contributed by atoms with Crippen LogP contribution < -0.4 is 0 Å². The normalized spacial score (nSPS) is 21.7. The van der Waals surface area contributed by atoms with Gasteiger partial charge in [0.05, 0.1) is 11.1 Å². The lowest BCUT2D eigenvalue weighted by Gasteiger charge is -2.18. The molecule has 3 rings (SSSR count). The molecule has 1 heterocycles. The summed E-state index contributed by atoms with van der Waals surface area (Å²) in [6, 6.07) is 14.0. The Morgan fingerprint density at radius 3 is 2.04 bits per heavy atom. The van der Waals surface area contributed by atoms with Gasteiger partial charge in [-0.1, -0.05) is 35.4 Å². The van der Waals surface area contributed by atoms with Crippen LogP contribution in [-0.4, -0.2) is 42.1 Å². The van der Waals surface area contributed by atoms with Crippen LogP contribution in [0.15, 0.2) is 48.5 Å². The Morgan fingerprint density at radius 1 is 0.963 bits per heavy atom. The molecule has 27 heavy (non-hydrogen) atoms. The maximum absolute atomic E-state index is 12.3. The van der Waals surface area contributed by atoms with E-state index >= 15 is 0 Å². The van der Waals surface area contributed by atoms with E-state index in [-0.39, 0.29) is 13.0 Å². The van der Waals surface area contributed by atoms with Crippen molar-refractivity contribution in [1.29, 1.82) is 0 Å². The van der Waals surface area contributed by atoms with Crippen molar-refractivity contribution in [1.82, 2.24) is 0 Å². The number of esters is 2. The molecule has 1 saturated heterocycles. The second-order valence-corrected chi connectivity index (χ2v) is 6.64. The summed E-state index contributed by atoms with van der Waals surface area (Å²) in [7, 11) is 0. The van der Waals surface area contributed by atoms with Gasteiger partial charge in [-0.05, 0) is 38.1 Å². The van der Waals surface area contributed by atoms with E-state index in [1.54, 1.807) is 24.3 Å². The van der Waals surface area contributed by atoms with Crippen LogP contribution in [0.3, 0.4) is 0 Å². The number of hydrogen-bond donors (Lipinski definition) is 1. The Hall–Kier alpha value is -2.70. The van der Waals surface area contributed by atoms with Crippen LogP contribution in [-0.2, 0) is 14.2 Å². The minimum Gasteiger partial charge on any atom is -0.459 e. The van der Waals surface area contributed by atoms with Crippen molar-refractivity contribution in [3.8, 4) is 0 Å². The first kappa shape index (κ1) is 19.1. The van der Waals surface area contributed by atoms with Crippen LogP contribution in [0.25, 0.3) is 0 Å². The zero-order chi connectivity index (χ0) is 19.4. The molecule has 0 saturated carbocycles.